The number of carbonyl (C=O) groups is 1. The van der Waals surface area contributed by atoms with E-state index in [0.29, 0.717) is 6.42 Å². The number of amides is 1. The summed E-state index contributed by atoms with van der Waals surface area (Å²) in [5.74, 6) is 1.00. The Labute approximate surface area is 159 Å². The van der Waals surface area contributed by atoms with Crippen LogP contribution in [-0.4, -0.2) is 36.5 Å². The molecule has 0 bridgehead atoms. The van der Waals surface area contributed by atoms with E-state index in [4.69, 9.17) is 16.3 Å². The smallest absolute Gasteiger partial charge is 0.224 e. The number of hydrogen-bond acceptors (Lipinski definition) is 3. The van der Waals surface area contributed by atoms with Crippen molar-refractivity contribution in [2.24, 2.45) is 0 Å². The van der Waals surface area contributed by atoms with Crippen molar-refractivity contribution in [1.29, 1.82) is 0 Å². The number of ether oxygens (including phenoxy) is 1. The third-order valence-electron chi connectivity index (χ3n) is 5.03. The van der Waals surface area contributed by atoms with Gasteiger partial charge in [0.1, 0.15) is 11.9 Å². The van der Waals surface area contributed by atoms with Crippen LogP contribution in [0, 0.1) is 0 Å². The number of nitrogens with one attached hydrogen (secondary N) is 1. The predicted molar refractivity (Wildman–Crippen MR) is 104 cm³/mol. The van der Waals surface area contributed by atoms with Gasteiger partial charge < -0.3 is 10.1 Å². The molecule has 4 rings (SSSR count). The van der Waals surface area contributed by atoms with Gasteiger partial charge in [-0.1, -0.05) is 23.7 Å². The molecule has 1 amide bonds. The number of fused-ring (bicyclic) bond motifs is 1. The molecular formula is C21H23ClN2O2. The van der Waals surface area contributed by atoms with Crippen molar-refractivity contribution in [3.63, 3.8) is 0 Å². The highest BCUT2D eigenvalue weighted by Gasteiger charge is 2.28. The summed E-state index contributed by atoms with van der Waals surface area (Å²) >= 11 is 6.02. The summed E-state index contributed by atoms with van der Waals surface area (Å²) < 4.78 is 6.08. The Hall–Kier alpha value is -2.04. The van der Waals surface area contributed by atoms with Gasteiger partial charge in [-0.2, -0.15) is 0 Å². The zero-order valence-corrected chi connectivity index (χ0v) is 15.5. The van der Waals surface area contributed by atoms with E-state index in [1.807, 2.05) is 30.3 Å². The molecule has 0 atom stereocenters. The molecule has 0 radical (unpaired) electrons. The molecule has 26 heavy (non-hydrogen) atoms. The summed E-state index contributed by atoms with van der Waals surface area (Å²) in [5.41, 5.74) is 3.39. The quantitative estimate of drug-likeness (QED) is 0.837. The molecule has 1 saturated heterocycles. The molecule has 136 valence electrons. The van der Waals surface area contributed by atoms with Gasteiger partial charge in [0, 0.05) is 30.2 Å². The lowest BCUT2D eigenvalue weighted by Gasteiger charge is -2.39. The standard InChI is InChI=1S/C21H23ClN2O2/c22-17-5-1-3-15(11-17)4-2-10-24-13-19(14-24)26-18-7-8-20-16(12-18)6-9-21(25)23-20/h1,3,5,7-8,11-12,19H,2,4,6,9-10,13-14H2,(H,23,25). The summed E-state index contributed by atoms with van der Waals surface area (Å²) in [6.45, 7) is 3.04. The maximum atomic E-state index is 11.4. The summed E-state index contributed by atoms with van der Waals surface area (Å²) in [6.07, 6.45) is 3.79. The average Bonchev–Trinajstić information content (AvgIpc) is 2.59. The number of hydrogen-bond donors (Lipinski definition) is 1. The molecule has 2 aromatic carbocycles. The SMILES string of the molecule is O=C1CCc2cc(OC3CN(CCCc4cccc(Cl)c4)C3)ccc2N1. The van der Waals surface area contributed by atoms with Crippen LogP contribution in [0.5, 0.6) is 5.75 Å². The van der Waals surface area contributed by atoms with Gasteiger partial charge in [0.2, 0.25) is 5.91 Å². The Kier molecular flexibility index (Phi) is 5.14. The fourth-order valence-electron chi connectivity index (χ4n) is 3.60. The highest BCUT2D eigenvalue weighted by atomic mass is 35.5. The Balaban J connectivity index is 1.20. The maximum absolute atomic E-state index is 11.4. The van der Waals surface area contributed by atoms with Crippen molar-refractivity contribution in [2.45, 2.75) is 31.8 Å². The molecule has 0 saturated carbocycles. The molecular weight excluding hydrogens is 348 g/mol. The normalized spacial score (nSPS) is 17.3. The summed E-state index contributed by atoms with van der Waals surface area (Å²) in [5, 5.41) is 3.71. The van der Waals surface area contributed by atoms with E-state index in [0.717, 1.165) is 55.4 Å². The van der Waals surface area contributed by atoms with Gasteiger partial charge in [-0.15, -0.1) is 0 Å². The molecule has 1 fully saturated rings. The second-order valence-electron chi connectivity index (χ2n) is 7.10. The predicted octanol–water partition coefficient (Wildman–Crippen LogP) is 3.92. The third-order valence-corrected chi connectivity index (χ3v) is 5.26. The van der Waals surface area contributed by atoms with Crippen LogP contribution >= 0.6 is 11.6 Å². The second-order valence-corrected chi connectivity index (χ2v) is 7.54. The number of aryl methyl sites for hydroxylation is 2. The number of rotatable bonds is 6. The monoisotopic (exact) mass is 370 g/mol. The zero-order valence-electron chi connectivity index (χ0n) is 14.7. The van der Waals surface area contributed by atoms with E-state index >= 15 is 0 Å². The first-order valence-corrected chi connectivity index (χ1v) is 9.60. The molecule has 2 heterocycles. The summed E-state index contributed by atoms with van der Waals surface area (Å²) in [6, 6.07) is 14.1. The molecule has 2 aliphatic rings. The van der Waals surface area contributed by atoms with Crippen LogP contribution in [0.3, 0.4) is 0 Å². The van der Waals surface area contributed by atoms with E-state index in [1.54, 1.807) is 0 Å². The van der Waals surface area contributed by atoms with Crippen molar-refractivity contribution >= 4 is 23.2 Å². The van der Waals surface area contributed by atoms with Crippen LogP contribution in [0.25, 0.3) is 0 Å². The molecule has 4 nitrogen and oxygen atoms in total. The van der Waals surface area contributed by atoms with Gasteiger partial charge in [0.15, 0.2) is 0 Å². The van der Waals surface area contributed by atoms with Crippen LogP contribution in [0.15, 0.2) is 42.5 Å². The topological polar surface area (TPSA) is 41.6 Å². The van der Waals surface area contributed by atoms with Gasteiger partial charge in [0.05, 0.1) is 0 Å². The van der Waals surface area contributed by atoms with Gasteiger partial charge in [-0.3, -0.25) is 9.69 Å². The van der Waals surface area contributed by atoms with E-state index in [9.17, 15) is 4.79 Å². The minimum Gasteiger partial charge on any atom is -0.488 e. The number of halogens is 1. The molecule has 0 unspecified atom stereocenters. The minimum atomic E-state index is 0.0959. The molecule has 0 aromatic heterocycles. The Morgan fingerprint density at radius 1 is 1.15 bits per heavy atom. The Morgan fingerprint density at radius 3 is 2.88 bits per heavy atom. The molecule has 1 N–H and O–H groups in total. The van der Waals surface area contributed by atoms with Crippen molar-refractivity contribution in [3.8, 4) is 5.75 Å². The fraction of sp³-hybridized carbons (Fsp3) is 0.381. The van der Waals surface area contributed by atoms with Crippen LogP contribution in [0.1, 0.15) is 24.0 Å². The first kappa shape index (κ1) is 17.4. The highest BCUT2D eigenvalue weighted by Crippen LogP contribution is 2.28. The van der Waals surface area contributed by atoms with Gasteiger partial charge >= 0.3 is 0 Å². The van der Waals surface area contributed by atoms with Crippen molar-refractivity contribution in [2.75, 3.05) is 25.0 Å². The van der Waals surface area contributed by atoms with E-state index in [-0.39, 0.29) is 12.0 Å². The van der Waals surface area contributed by atoms with Gasteiger partial charge in [0.25, 0.3) is 0 Å². The van der Waals surface area contributed by atoms with Crippen molar-refractivity contribution in [3.05, 3.63) is 58.6 Å². The lowest BCUT2D eigenvalue weighted by atomic mass is 10.0. The lowest BCUT2D eigenvalue weighted by molar-refractivity contribution is -0.116. The van der Waals surface area contributed by atoms with E-state index in [2.05, 4.69) is 22.3 Å². The highest BCUT2D eigenvalue weighted by molar-refractivity contribution is 6.30. The van der Waals surface area contributed by atoms with Crippen LogP contribution < -0.4 is 10.1 Å². The van der Waals surface area contributed by atoms with Crippen LogP contribution in [-0.2, 0) is 17.6 Å². The third kappa shape index (κ3) is 4.19. The molecule has 0 aliphatic carbocycles. The summed E-state index contributed by atoms with van der Waals surface area (Å²) in [4.78, 5) is 13.8. The number of likely N-dealkylation sites (tertiary alicyclic amines) is 1. The second kappa shape index (κ2) is 7.68. The summed E-state index contributed by atoms with van der Waals surface area (Å²) in [7, 11) is 0. The first-order valence-electron chi connectivity index (χ1n) is 9.22. The van der Waals surface area contributed by atoms with Crippen molar-refractivity contribution in [1.82, 2.24) is 4.90 Å². The number of benzene rings is 2. The molecule has 0 spiro atoms. The Morgan fingerprint density at radius 2 is 2.04 bits per heavy atom. The first-order chi connectivity index (χ1) is 12.7. The van der Waals surface area contributed by atoms with E-state index < -0.39 is 0 Å². The number of nitrogens with zero attached hydrogens (tertiary/aromatic N) is 1. The van der Waals surface area contributed by atoms with E-state index in [1.165, 1.54) is 11.1 Å². The zero-order chi connectivity index (χ0) is 17.9. The van der Waals surface area contributed by atoms with Gasteiger partial charge in [-0.25, -0.2) is 0 Å². The lowest BCUT2D eigenvalue weighted by Crippen LogP contribution is -2.53. The van der Waals surface area contributed by atoms with Crippen molar-refractivity contribution < 1.29 is 9.53 Å². The maximum Gasteiger partial charge on any atom is 0.224 e. The Bertz CT molecular complexity index is 802. The number of anilines is 1. The number of carbonyl (C=O) groups excluding carboxylic acids is 1. The molecule has 5 heteroatoms. The fourth-order valence-corrected chi connectivity index (χ4v) is 3.82. The molecule has 2 aromatic rings. The van der Waals surface area contributed by atoms with Gasteiger partial charge in [-0.05, 0) is 67.3 Å². The van der Waals surface area contributed by atoms with Crippen LogP contribution in [0.4, 0.5) is 5.69 Å². The molecule has 2 aliphatic heterocycles. The largest absolute Gasteiger partial charge is 0.488 e. The minimum absolute atomic E-state index is 0.0959. The average molecular weight is 371 g/mol. The van der Waals surface area contributed by atoms with Crippen LogP contribution in [0.2, 0.25) is 5.02 Å².